The van der Waals surface area contributed by atoms with Crippen molar-refractivity contribution in [2.24, 2.45) is 0 Å². The van der Waals surface area contributed by atoms with Crippen LogP contribution in [0.2, 0.25) is 5.02 Å². The summed E-state index contributed by atoms with van der Waals surface area (Å²) in [6, 6.07) is 15.9. The molecular formula is C21H11ClN5O4S+. The normalized spacial score (nSPS) is 11.5. The number of para-hydroxylation sites is 1. The minimum absolute atomic E-state index is 0.244. The van der Waals surface area contributed by atoms with Crippen LogP contribution in [-0.4, -0.2) is 19.9 Å². The van der Waals surface area contributed by atoms with Crippen LogP contribution in [-0.2, 0) is 0 Å². The monoisotopic (exact) mass is 464 g/mol. The largest absolute Gasteiger partial charge is 0.438 e. The molecule has 156 valence electrons. The van der Waals surface area contributed by atoms with Gasteiger partial charge in [0, 0.05) is 22.5 Å². The van der Waals surface area contributed by atoms with Crippen LogP contribution in [0, 0.1) is 0 Å². The number of aromatic amines is 1. The molecule has 2 aromatic carbocycles. The third kappa shape index (κ3) is 2.96. The molecule has 32 heavy (non-hydrogen) atoms. The maximum Gasteiger partial charge on any atom is 0.438 e. The first-order valence-electron chi connectivity index (χ1n) is 9.36. The molecule has 0 aliphatic carbocycles. The van der Waals surface area contributed by atoms with Crippen LogP contribution in [0.4, 0.5) is 0 Å². The van der Waals surface area contributed by atoms with Crippen molar-refractivity contribution in [2.75, 3.05) is 0 Å². The standard InChI is InChI=1S/C21H10ClN5O4S/c22-12-6-7-16-11(8-12)9-14(19(28)30-16)15-10-26-21(23-15)32-18(24-26)17-20(29)31-25-27(17)13-4-2-1-3-5-13/h1-10H/p+1. The number of hydrogen-bond donors (Lipinski definition) is 1. The molecule has 4 heterocycles. The Morgan fingerprint density at radius 2 is 1.91 bits per heavy atom. The first-order chi connectivity index (χ1) is 15.6. The third-order valence-electron chi connectivity index (χ3n) is 4.88. The number of fused-ring (bicyclic) bond motifs is 2. The number of aromatic nitrogens is 5. The lowest BCUT2D eigenvalue weighted by Gasteiger charge is -2.00. The fourth-order valence-electron chi connectivity index (χ4n) is 3.41. The van der Waals surface area contributed by atoms with E-state index >= 15 is 0 Å². The van der Waals surface area contributed by atoms with Crippen molar-refractivity contribution in [3.8, 4) is 27.6 Å². The summed E-state index contributed by atoms with van der Waals surface area (Å²) in [4.78, 5) is 29.9. The number of H-pyrrole nitrogens is 1. The summed E-state index contributed by atoms with van der Waals surface area (Å²) in [6.07, 6.45) is 1.61. The molecule has 0 radical (unpaired) electrons. The SMILES string of the molecule is O=c1oc2ccc(Cl)cc2cc1-c1cn2nc(-c3c(=O)o[nH][n+]3-c3ccccc3)sc2n1. The van der Waals surface area contributed by atoms with Crippen LogP contribution in [0.15, 0.2) is 79.3 Å². The molecule has 0 bridgehead atoms. The quantitative estimate of drug-likeness (QED) is 0.317. The minimum atomic E-state index is -0.557. The average molecular weight is 465 g/mol. The molecule has 0 saturated heterocycles. The molecule has 0 saturated carbocycles. The van der Waals surface area contributed by atoms with Gasteiger partial charge < -0.3 is 4.42 Å². The van der Waals surface area contributed by atoms with Crippen molar-refractivity contribution in [3.63, 3.8) is 0 Å². The van der Waals surface area contributed by atoms with Gasteiger partial charge in [0.25, 0.3) is 0 Å². The van der Waals surface area contributed by atoms with Gasteiger partial charge in [-0.2, -0.15) is 0 Å². The molecule has 9 nitrogen and oxygen atoms in total. The van der Waals surface area contributed by atoms with Gasteiger partial charge in [-0.15, -0.1) is 5.10 Å². The summed E-state index contributed by atoms with van der Waals surface area (Å²) < 4.78 is 13.4. The molecular weight excluding hydrogens is 454 g/mol. The van der Waals surface area contributed by atoms with Crippen LogP contribution in [0.5, 0.6) is 0 Å². The third-order valence-corrected chi connectivity index (χ3v) is 6.04. The summed E-state index contributed by atoms with van der Waals surface area (Å²) in [5, 5.41) is 8.70. The predicted molar refractivity (Wildman–Crippen MR) is 117 cm³/mol. The number of benzene rings is 2. The maximum atomic E-state index is 12.5. The van der Waals surface area contributed by atoms with Crippen molar-refractivity contribution in [1.29, 1.82) is 0 Å². The van der Waals surface area contributed by atoms with E-state index < -0.39 is 11.3 Å². The highest BCUT2D eigenvalue weighted by molar-refractivity contribution is 7.19. The lowest BCUT2D eigenvalue weighted by atomic mass is 10.1. The van der Waals surface area contributed by atoms with Gasteiger partial charge in [0.05, 0.1) is 17.5 Å². The Bertz CT molecular complexity index is 1710. The molecule has 0 aliphatic heterocycles. The van der Waals surface area contributed by atoms with Crippen LogP contribution < -0.4 is 15.9 Å². The van der Waals surface area contributed by atoms with Gasteiger partial charge in [-0.3, -0.25) is 4.52 Å². The molecule has 6 rings (SSSR count). The second-order valence-corrected chi connectivity index (χ2v) is 8.28. The Morgan fingerprint density at radius 1 is 1.06 bits per heavy atom. The van der Waals surface area contributed by atoms with E-state index in [0.717, 1.165) is 0 Å². The van der Waals surface area contributed by atoms with Crippen LogP contribution in [0.25, 0.3) is 43.6 Å². The minimum Gasteiger partial charge on any atom is -0.422 e. The number of nitrogens with one attached hydrogen (secondary N) is 1. The van der Waals surface area contributed by atoms with Gasteiger partial charge in [-0.05, 0) is 34.2 Å². The number of rotatable bonds is 3. The summed E-state index contributed by atoms with van der Waals surface area (Å²) in [7, 11) is 0. The van der Waals surface area contributed by atoms with Crippen molar-refractivity contribution in [3.05, 3.63) is 86.7 Å². The fourth-order valence-corrected chi connectivity index (χ4v) is 4.50. The zero-order valence-corrected chi connectivity index (χ0v) is 17.6. The van der Waals surface area contributed by atoms with Gasteiger partial charge in [0.1, 0.15) is 5.58 Å². The zero-order chi connectivity index (χ0) is 21.8. The number of halogens is 1. The molecule has 0 amide bonds. The molecule has 0 unspecified atom stereocenters. The van der Waals surface area contributed by atoms with Gasteiger partial charge >= 0.3 is 16.9 Å². The smallest absolute Gasteiger partial charge is 0.422 e. The van der Waals surface area contributed by atoms with E-state index in [9.17, 15) is 9.59 Å². The summed E-state index contributed by atoms with van der Waals surface area (Å²) in [5.41, 5.74) is 1.02. The first kappa shape index (κ1) is 18.7. The molecule has 4 aromatic heterocycles. The van der Waals surface area contributed by atoms with Crippen molar-refractivity contribution < 1.29 is 13.6 Å². The number of imidazole rings is 1. The van der Waals surface area contributed by atoms with Crippen molar-refractivity contribution in [1.82, 2.24) is 19.9 Å². The molecule has 0 fully saturated rings. The van der Waals surface area contributed by atoms with Gasteiger partial charge in [-0.1, -0.05) is 41.1 Å². The lowest BCUT2D eigenvalue weighted by molar-refractivity contribution is -0.660. The Balaban J connectivity index is 1.46. The van der Waals surface area contributed by atoms with Gasteiger partial charge in [-0.25, -0.2) is 19.1 Å². The average Bonchev–Trinajstić information content (AvgIpc) is 3.47. The molecule has 6 aromatic rings. The second-order valence-electron chi connectivity index (χ2n) is 6.89. The van der Waals surface area contributed by atoms with E-state index in [4.69, 9.17) is 20.5 Å². The molecule has 1 N–H and O–H groups in total. The van der Waals surface area contributed by atoms with Crippen LogP contribution >= 0.6 is 22.9 Å². The Labute approximate surface area is 186 Å². The molecule has 0 aliphatic rings. The first-order valence-corrected chi connectivity index (χ1v) is 10.6. The van der Waals surface area contributed by atoms with E-state index in [-0.39, 0.29) is 5.69 Å². The summed E-state index contributed by atoms with van der Waals surface area (Å²) in [5.74, 6) is 0. The summed E-state index contributed by atoms with van der Waals surface area (Å²) >= 11 is 7.25. The number of nitrogens with zero attached hydrogens (tertiary/aromatic N) is 4. The van der Waals surface area contributed by atoms with Crippen molar-refractivity contribution >= 4 is 38.9 Å². The Kier molecular flexibility index (Phi) is 4.10. The molecule has 0 spiro atoms. The van der Waals surface area contributed by atoms with Gasteiger partial charge in [0.2, 0.25) is 15.7 Å². The zero-order valence-electron chi connectivity index (χ0n) is 16.0. The van der Waals surface area contributed by atoms with E-state index in [1.165, 1.54) is 20.5 Å². The topological polar surface area (TPSA) is 110 Å². The second kappa shape index (κ2) is 7.01. The predicted octanol–water partition coefficient (Wildman–Crippen LogP) is 3.44. The lowest BCUT2D eigenvalue weighted by Crippen LogP contribution is -2.36. The Hall–Kier alpha value is -4.02. The summed E-state index contributed by atoms with van der Waals surface area (Å²) in [6.45, 7) is 0. The van der Waals surface area contributed by atoms with E-state index in [1.807, 2.05) is 30.3 Å². The maximum absolute atomic E-state index is 12.5. The fraction of sp³-hybridized carbons (Fsp3) is 0. The Morgan fingerprint density at radius 3 is 2.72 bits per heavy atom. The van der Waals surface area contributed by atoms with Crippen LogP contribution in [0.1, 0.15) is 0 Å². The highest BCUT2D eigenvalue weighted by Gasteiger charge is 2.29. The van der Waals surface area contributed by atoms with Gasteiger partial charge in [0.15, 0.2) is 0 Å². The van der Waals surface area contributed by atoms with Crippen LogP contribution in [0.3, 0.4) is 0 Å². The van der Waals surface area contributed by atoms with E-state index in [2.05, 4.69) is 15.4 Å². The molecule has 0 atom stereocenters. The van der Waals surface area contributed by atoms with Crippen molar-refractivity contribution in [2.45, 2.75) is 0 Å². The van der Waals surface area contributed by atoms with E-state index in [1.54, 1.807) is 30.5 Å². The highest BCUT2D eigenvalue weighted by Crippen LogP contribution is 2.27. The van der Waals surface area contributed by atoms with E-state index in [0.29, 0.717) is 42.9 Å². The molecule has 11 heteroatoms. The number of hydrogen-bond acceptors (Lipinski definition) is 7. The highest BCUT2D eigenvalue weighted by atomic mass is 35.5.